The molecule has 2 nitrogen and oxygen atoms in total. The van der Waals surface area contributed by atoms with Gasteiger partial charge in [-0.1, -0.05) is 27.7 Å². The molecule has 18 heavy (non-hydrogen) atoms. The Balaban J connectivity index is 2.13. The monoisotopic (exact) mass is 255 g/mol. The summed E-state index contributed by atoms with van der Waals surface area (Å²) in [7, 11) is 0. The molecule has 0 heterocycles. The van der Waals surface area contributed by atoms with Crippen molar-refractivity contribution in [3.8, 4) is 0 Å². The van der Waals surface area contributed by atoms with Gasteiger partial charge in [0.2, 0.25) is 0 Å². The van der Waals surface area contributed by atoms with E-state index in [0.29, 0.717) is 12.2 Å². The van der Waals surface area contributed by atoms with Gasteiger partial charge in [-0.3, -0.25) is 0 Å². The number of rotatable bonds is 7. The molecule has 0 amide bonds. The van der Waals surface area contributed by atoms with Crippen LogP contribution in [0.4, 0.5) is 0 Å². The Bertz CT molecular complexity index is 207. The normalized spacial score (nSPS) is 30.7. The maximum Gasteiger partial charge on any atom is 0.0675 e. The second-order valence-electron chi connectivity index (χ2n) is 6.87. The third-order valence-electron chi connectivity index (χ3n) is 3.89. The van der Waals surface area contributed by atoms with Crippen molar-refractivity contribution in [1.82, 2.24) is 5.32 Å². The highest BCUT2D eigenvalue weighted by Crippen LogP contribution is 2.30. The van der Waals surface area contributed by atoms with E-state index in [9.17, 15) is 0 Å². The lowest BCUT2D eigenvalue weighted by Crippen LogP contribution is -2.34. The van der Waals surface area contributed by atoms with Crippen molar-refractivity contribution in [2.45, 2.75) is 72.5 Å². The molecule has 0 bridgehead atoms. The summed E-state index contributed by atoms with van der Waals surface area (Å²) in [4.78, 5) is 0. The Hall–Kier alpha value is -0.0800. The van der Waals surface area contributed by atoms with Crippen LogP contribution in [0.5, 0.6) is 0 Å². The molecule has 1 aliphatic rings. The maximum atomic E-state index is 6.18. The molecule has 1 saturated carbocycles. The van der Waals surface area contributed by atoms with Gasteiger partial charge in [0.05, 0.1) is 12.2 Å². The second-order valence-corrected chi connectivity index (χ2v) is 6.87. The van der Waals surface area contributed by atoms with Crippen LogP contribution in [0.3, 0.4) is 0 Å². The van der Waals surface area contributed by atoms with Crippen LogP contribution < -0.4 is 5.32 Å². The lowest BCUT2D eigenvalue weighted by atomic mass is 9.82. The number of hydrogen-bond acceptors (Lipinski definition) is 2. The lowest BCUT2D eigenvalue weighted by Gasteiger charge is -2.33. The van der Waals surface area contributed by atoms with Crippen LogP contribution in [-0.4, -0.2) is 25.3 Å². The van der Waals surface area contributed by atoms with E-state index in [1.54, 1.807) is 0 Å². The summed E-state index contributed by atoms with van der Waals surface area (Å²) >= 11 is 0. The molecule has 0 saturated heterocycles. The molecule has 3 atom stereocenters. The van der Waals surface area contributed by atoms with Crippen molar-refractivity contribution >= 4 is 0 Å². The Morgan fingerprint density at radius 3 is 2.22 bits per heavy atom. The van der Waals surface area contributed by atoms with E-state index in [1.807, 2.05) is 0 Å². The van der Waals surface area contributed by atoms with Gasteiger partial charge in [0.1, 0.15) is 0 Å². The van der Waals surface area contributed by atoms with E-state index >= 15 is 0 Å². The molecule has 0 spiro atoms. The highest BCUT2D eigenvalue weighted by Gasteiger charge is 2.25. The molecule has 1 rings (SSSR count). The maximum absolute atomic E-state index is 6.18. The number of hydrogen-bond donors (Lipinski definition) is 1. The van der Waals surface area contributed by atoms with E-state index in [-0.39, 0.29) is 0 Å². The van der Waals surface area contributed by atoms with E-state index in [0.717, 1.165) is 30.8 Å². The minimum atomic E-state index is 0.347. The van der Waals surface area contributed by atoms with Gasteiger partial charge in [0, 0.05) is 6.54 Å². The van der Waals surface area contributed by atoms with Crippen molar-refractivity contribution in [1.29, 1.82) is 0 Å². The summed E-state index contributed by atoms with van der Waals surface area (Å²) in [5, 5.41) is 3.50. The minimum Gasteiger partial charge on any atom is -0.374 e. The van der Waals surface area contributed by atoms with Gasteiger partial charge in [0.25, 0.3) is 0 Å². The zero-order valence-corrected chi connectivity index (χ0v) is 13.0. The van der Waals surface area contributed by atoms with Gasteiger partial charge in [0.15, 0.2) is 0 Å². The molecule has 0 radical (unpaired) electrons. The van der Waals surface area contributed by atoms with Gasteiger partial charge in [-0.25, -0.2) is 0 Å². The van der Waals surface area contributed by atoms with Gasteiger partial charge in [-0.15, -0.1) is 0 Å². The van der Waals surface area contributed by atoms with Gasteiger partial charge >= 0.3 is 0 Å². The third kappa shape index (κ3) is 6.75. The fraction of sp³-hybridized carbons (Fsp3) is 1.00. The molecule has 0 aliphatic heterocycles. The van der Waals surface area contributed by atoms with Crippen LogP contribution in [0.1, 0.15) is 60.3 Å². The lowest BCUT2D eigenvalue weighted by molar-refractivity contribution is -0.0400. The summed E-state index contributed by atoms with van der Waals surface area (Å²) in [6, 6.07) is 0. The van der Waals surface area contributed by atoms with Crippen LogP contribution in [0.15, 0.2) is 0 Å². The first-order chi connectivity index (χ1) is 8.47. The van der Waals surface area contributed by atoms with Crippen molar-refractivity contribution in [2.24, 2.45) is 17.8 Å². The minimum absolute atomic E-state index is 0.347. The summed E-state index contributed by atoms with van der Waals surface area (Å²) in [6.07, 6.45) is 5.97. The van der Waals surface area contributed by atoms with Crippen molar-refractivity contribution < 1.29 is 4.74 Å². The summed E-state index contributed by atoms with van der Waals surface area (Å²) < 4.78 is 6.18. The van der Waals surface area contributed by atoms with Crippen molar-refractivity contribution in [3.05, 3.63) is 0 Å². The van der Waals surface area contributed by atoms with Crippen molar-refractivity contribution in [2.75, 3.05) is 13.1 Å². The van der Waals surface area contributed by atoms with Crippen LogP contribution >= 0.6 is 0 Å². The first-order valence-electron chi connectivity index (χ1n) is 7.83. The Kier molecular flexibility index (Phi) is 7.25. The molecule has 1 fully saturated rings. The molecule has 108 valence electrons. The topological polar surface area (TPSA) is 21.3 Å². The Labute approximate surface area is 114 Å². The molecular formula is C16H33NO. The average molecular weight is 255 g/mol. The standard InChI is InChI=1S/C16H33NO/c1-12(2)6-7-17-11-15(5)18-16-9-13(3)8-14(4)10-16/h12-17H,6-11H2,1-5H3. The molecular weight excluding hydrogens is 222 g/mol. The zero-order valence-electron chi connectivity index (χ0n) is 13.0. The SMILES string of the molecule is CC(C)CCNCC(C)OC1CC(C)CC(C)C1. The predicted octanol–water partition coefficient (Wildman–Crippen LogP) is 3.85. The number of ether oxygens (including phenoxy) is 1. The van der Waals surface area contributed by atoms with Crippen LogP contribution in [0.25, 0.3) is 0 Å². The molecule has 0 aromatic heterocycles. The zero-order chi connectivity index (χ0) is 13.5. The predicted molar refractivity (Wildman–Crippen MR) is 78.8 cm³/mol. The quantitative estimate of drug-likeness (QED) is 0.698. The molecule has 1 N–H and O–H groups in total. The van der Waals surface area contributed by atoms with Gasteiger partial charge < -0.3 is 10.1 Å². The Morgan fingerprint density at radius 1 is 1.06 bits per heavy atom. The third-order valence-corrected chi connectivity index (χ3v) is 3.89. The van der Waals surface area contributed by atoms with Crippen LogP contribution in [-0.2, 0) is 4.74 Å². The first kappa shape index (κ1) is 16.0. The molecule has 1 aliphatic carbocycles. The highest BCUT2D eigenvalue weighted by molar-refractivity contribution is 4.76. The van der Waals surface area contributed by atoms with Crippen LogP contribution in [0.2, 0.25) is 0 Å². The van der Waals surface area contributed by atoms with E-state index in [1.165, 1.54) is 25.7 Å². The molecule has 3 unspecified atom stereocenters. The van der Waals surface area contributed by atoms with E-state index < -0.39 is 0 Å². The summed E-state index contributed by atoms with van der Waals surface area (Å²) in [6.45, 7) is 13.6. The Morgan fingerprint density at radius 2 is 1.67 bits per heavy atom. The fourth-order valence-corrected chi connectivity index (χ4v) is 3.06. The largest absolute Gasteiger partial charge is 0.374 e. The van der Waals surface area contributed by atoms with E-state index in [2.05, 4.69) is 39.9 Å². The summed E-state index contributed by atoms with van der Waals surface area (Å²) in [5.41, 5.74) is 0. The molecule has 0 aromatic rings. The smallest absolute Gasteiger partial charge is 0.0675 e. The fourth-order valence-electron chi connectivity index (χ4n) is 3.06. The highest BCUT2D eigenvalue weighted by atomic mass is 16.5. The van der Waals surface area contributed by atoms with Crippen molar-refractivity contribution in [3.63, 3.8) is 0 Å². The summed E-state index contributed by atoms with van der Waals surface area (Å²) in [5.74, 6) is 2.45. The van der Waals surface area contributed by atoms with Gasteiger partial charge in [-0.2, -0.15) is 0 Å². The second kappa shape index (κ2) is 8.16. The number of nitrogens with one attached hydrogen (secondary N) is 1. The van der Waals surface area contributed by atoms with Crippen LogP contribution in [0, 0.1) is 17.8 Å². The average Bonchev–Trinajstić information content (AvgIpc) is 2.22. The van der Waals surface area contributed by atoms with E-state index in [4.69, 9.17) is 4.74 Å². The molecule has 0 aromatic carbocycles. The van der Waals surface area contributed by atoms with Gasteiger partial charge in [-0.05, 0) is 56.9 Å². The molecule has 2 heteroatoms. The first-order valence-corrected chi connectivity index (χ1v) is 7.83.